The molecular weight excluding hydrogens is 212 g/mol. The first kappa shape index (κ1) is 10.6. The summed E-state index contributed by atoms with van der Waals surface area (Å²) in [5.74, 6) is 0.923. The lowest BCUT2D eigenvalue weighted by molar-refractivity contribution is 0.308. The summed E-state index contributed by atoms with van der Waals surface area (Å²) in [5, 5.41) is 0. The molecule has 12 heavy (non-hydrogen) atoms. The van der Waals surface area contributed by atoms with E-state index >= 15 is 0 Å². The Labute approximate surface area is 85.3 Å². The predicted octanol–water partition coefficient (Wildman–Crippen LogP) is 4.38. The lowest BCUT2D eigenvalue weighted by Gasteiger charge is -2.22. The van der Waals surface area contributed by atoms with Crippen molar-refractivity contribution in [1.82, 2.24) is 0 Å². The van der Waals surface area contributed by atoms with E-state index in [0.29, 0.717) is 10.2 Å². The van der Waals surface area contributed by atoms with E-state index in [1.54, 1.807) is 0 Å². The molecule has 1 rings (SSSR count). The summed E-state index contributed by atoms with van der Waals surface area (Å²) in [6.45, 7) is 7.12. The van der Waals surface area contributed by atoms with Crippen LogP contribution in [-0.2, 0) is 0 Å². The standard InChI is InChI=1S/C11H21Br/c1-9(12)10-5-4-7-11(2,3)8-6-10/h9-10H,4-8H2,1-3H3. The summed E-state index contributed by atoms with van der Waals surface area (Å²) >= 11 is 3.71. The van der Waals surface area contributed by atoms with Crippen LogP contribution in [0.25, 0.3) is 0 Å². The highest BCUT2D eigenvalue weighted by Gasteiger charge is 2.25. The third-order valence-electron chi connectivity index (χ3n) is 3.27. The molecule has 2 atom stereocenters. The summed E-state index contributed by atoms with van der Waals surface area (Å²) in [7, 11) is 0. The van der Waals surface area contributed by atoms with Gasteiger partial charge in [-0.1, -0.05) is 43.1 Å². The second kappa shape index (κ2) is 4.13. The van der Waals surface area contributed by atoms with Crippen molar-refractivity contribution in [3.8, 4) is 0 Å². The van der Waals surface area contributed by atoms with Gasteiger partial charge in [0.25, 0.3) is 0 Å². The van der Waals surface area contributed by atoms with Crippen molar-refractivity contribution >= 4 is 15.9 Å². The summed E-state index contributed by atoms with van der Waals surface area (Å²) in [6, 6.07) is 0. The molecule has 1 aliphatic carbocycles. The first-order valence-corrected chi connectivity index (χ1v) is 6.07. The Morgan fingerprint density at radius 2 is 1.92 bits per heavy atom. The highest BCUT2D eigenvalue weighted by Crippen LogP contribution is 2.38. The van der Waals surface area contributed by atoms with Crippen LogP contribution in [0.5, 0.6) is 0 Å². The second-order valence-corrected chi connectivity index (χ2v) is 6.48. The van der Waals surface area contributed by atoms with Gasteiger partial charge in [-0.25, -0.2) is 0 Å². The van der Waals surface area contributed by atoms with Gasteiger partial charge in [0.1, 0.15) is 0 Å². The van der Waals surface area contributed by atoms with Gasteiger partial charge in [0, 0.05) is 4.83 Å². The quantitative estimate of drug-likeness (QED) is 0.465. The fourth-order valence-corrected chi connectivity index (χ4v) is 2.68. The molecule has 0 radical (unpaired) electrons. The summed E-state index contributed by atoms with van der Waals surface area (Å²) in [4.78, 5) is 0.714. The van der Waals surface area contributed by atoms with Crippen LogP contribution in [0.1, 0.15) is 52.9 Å². The summed E-state index contributed by atoms with van der Waals surface area (Å²) < 4.78 is 0. The first-order valence-electron chi connectivity index (χ1n) is 5.15. The van der Waals surface area contributed by atoms with Crippen molar-refractivity contribution in [2.24, 2.45) is 11.3 Å². The van der Waals surface area contributed by atoms with Crippen LogP contribution in [0.2, 0.25) is 0 Å². The zero-order valence-electron chi connectivity index (χ0n) is 8.57. The maximum absolute atomic E-state index is 3.71. The molecule has 0 amide bonds. The van der Waals surface area contributed by atoms with Crippen LogP contribution in [0, 0.1) is 11.3 Å². The van der Waals surface area contributed by atoms with Crippen LogP contribution in [0.15, 0.2) is 0 Å². The van der Waals surface area contributed by atoms with Gasteiger partial charge in [0.2, 0.25) is 0 Å². The molecule has 0 aromatic rings. The average molecular weight is 233 g/mol. The third-order valence-corrected chi connectivity index (χ3v) is 4.02. The zero-order valence-corrected chi connectivity index (χ0v) is 10.2. The summed E-state index contributed by atoms with van der Waals surface area (Å²) in [5.41, 5.74) is 0.608. The van der Waals surface area contributed by atoms with E-state index in [1.807, 2.05) is 0 Å². The van der Waals surface area contributed by atoms with Crippen molar-refractivity contribution in [2.75, 3.05) is 0 Å². The zero-order chi connectivity index (χ0) is 9.19. The van der Waals surface area contributed by atoms with Gasteiger partial charge in [-0.3, -0.25) is 0 Å². The topological polar surface area (TPSA) is 0 Å². The molecule has 0 saturated heterocycles. The Hall–Kier alpha value is 0.480. The van der Waals surface area contributed by atoms with Gasteiger partial charge in [0.15, 0.2) is 0 Å². The largest absolute Gasteiger partial charge is 0.0891 e. The highest BCUT2D eigenvalue weighted by atomic mass is 79.9. The van der Waals surface area contributed by atoms with Gasteiger partial charge in [-0.15, -0.1) is 0 Å². The normalized spacial score (nSPS) is 32.5. The van der Waals surface area contributed by atoms with Crippen LogP contribution >= 0.6 is 15.9 Å². The first-order chi connectivity index (χ1) is 5.51. The fraction of sp³-hybridized carbons (Fsp3) is 1.00. The van der Waals surface area contributed by atoms with Crippen LogP contribution in [0.4, 0.5) is 0 Å². The SMILES string of the molecule is CC(Br)C1CCCC(C)(C)CC1. The molecule has 2 unspecified atom stereocenters. The Morgan fingerprint density at radius 3 is 2.50 bits per heavy atom. The number of halogens is 1. The van der Waals surface area contributed by atoms with Crippen molar-refractivity contribution in [3.05, 3.63) is 0 Å². The molecule has 1 fully saturated rings. The van der Waals surface area contributed by atoms with Crippen molar-refractivity contribution < 1.29 is 0 Å². The number of alkyl halides is 1. The lowest BCUT2D eigenvalue weighted by atomic mass is 9.84. The molecule has 0 aromatic carbocycles. The van der Waals surface area contributed by atoms with Crippen LogP contribution in [-0.4, -0.2) is 4.83 Å². The molecule has 0 heterocycles. The van der Waals surface area contributed by atoms with Crippen molar-refractivity contribution in [1.29, 1.82) is 0 Å². The van der Waals surface area contributed by atoms with E-state index in [9.17, 15) is 0 Å². The van der Waals surface area contributed by atoms with Crippen molar-refractivity contribution in [3.63, 3.8) is 0 Å². The van der Waals surface area contributed by atoms with Crippen molar-refractivity contribution in [2.45, 2.75) is 57.7 Å². The molecule has 0 nitrogen and oxygen atoms in total. The van der Waals surface area contributed by atoms with Gasteiger partial charge in [0.05, 0.1) is 0 Å². The maximum Gasteiger partial charge on any atom is 0.0145 e. The van der Waals surface area contributed by atoms with Crippen LogP contribution in [0.3, 0.4) is 0 Å². The molecule has 1 aliphatic rings. The van der Waals surface area contributed by atoms with Gasteiger partial charge in [-0.05, 0) is 37.0 Å². The minimum atomic E-state index is 0.608. The minimum absolute atomic E-state index is 0.608. The lowest BCUT2D eigenvalue weighted by Crippen LogP contribution is -2.12. The van der Waals surface area contributed by atoms with Gasteiger partial charge >= 0.3 is 0 Å². The Morgan fingerprint density at radius 1 is 1.25 bits per heavy atom. The van der Waals surface area contributed by atoms with E-state index in [-0.39, 0.29) is 0 Å². The highest BCUT2D eigenvalue weighted by molar-refractivity contribution is 9.09. The summed E-state index contributed by atoms with van der Waals surface area (Å²) in [6.07, 6.45) is 7.10. The van der Waals surface area contributed by atoms with E-state index in [4.69, 9.17) is 0 Å². The molecule has 1 saturated carbocycles. The van der Waals surface area contributed by atoms with E-state index in [1.165, 1.54) is 32.1 Å². The number of hydrogen-bond donors (Lipinski definition) is 0. The monoisotopic (exact) mass is 232 g/mol. The maximum atomic E-state index is 3.71. The fourth-order valence-electron chi connectivity index (χ4n) is 2.15. The molecule has 0 spiro atoms. The third kappa shape index (κ3) is 3.08. The molecular formula is C11H21Br. The molecule has 0 aromatic heterocycles. The number of hydrogen-bond acceptors (Lipinski definition) is 0. The Balaban J connectivity index is 2.45. The van der Waals surface area contributed by atoms with E-state index < -0.39 is 0 Å². The Kier molecular flexibility index (Phi) is 3.63. The predicted molar refractivity (Wildman–Crippen MR) is 58.7 cm³/mol. The van der Waals surface area contributed by atoms with Crippen LogP contribution < -0.4 is 0 Å². The molecule has 0 N–H and O–H groups in total. The number of rotatable bonds is 1. The van der Waals surface area contributed by atoms with Gasteiger partial charge in [-0.2, -0.15) is 0 Å². The molecule has 72 valence electrons. The second-order valence-electron chi connectivity index (χ2n) is 5.03. The average Bonchev–Trinajstić information content (AvgIpc) is 2.10. The van der Waals surface area contributed by atoms with Gasteiger partial charge < -0.3 is 0 Å². The minimum Gasteiger partial charge on any atom is -0.0891 e. The van der Waals surface area contributed by atoms with E-state index in [2.05, 4.69) is 36.7 Å². The smallest absolute Gasteiger partial charge is 0.0145 e. The Bertz CT molecular complexity index is 138. The molecule has 0 aliphatic heterocycles. The molecule has 0 bridgehead atoms. The van der Waals surface area contributed by atoms with E-state index in [0.717, 1.165) is 5.92 Å². The molecule has 1 heteroatoms.